The molecule has 6 nitrogen and oxygen atoms in total. The summed E-state index contributed by atoms with van der Waals surface area (Å²) in [6.07, 6.45) is -0.884. The lowest BCUT2D eigenvalue weighted by atomic mass is 10.1. The SMILES string of the molecule is COc1ccc(OC)c([C@@H](O)CNC(=O)CN)c1. The highest BCUT2D eigenvalue weighted by molar-refractivity contribution is 5.77. The highest BCUT2D eigenvalue weighted by Crippen LogP contribution is 2.28. The maximum absolute atomic E-state index is 11.0. The van der Waals surface area contributed by atoms with E-state index in [-0.39, 0.29) is 19.0 Å². The first-order valence-corrected chi connectivity index (χ1v) is 5.49. The average Bonchev–Trinajstić information content (AvgIpc) is 2.43. The predicted octanol–water partition coefficient (Wildman–Crippen LogP) is -0.188. The molecule has 1 rings (SSSR count). The molecule has 18 heavy (non-hydrogen) atoms. The second kappa shape index (κ2) is 6.83. The Bertz CT molecular complexity index is 409. The topological polar surface area (TPSA) is 93.8 Å². The van der Waals surface area contributed by atoms with Crippen molar-refractivity contribution in [3.05, 3.63) is 23.8 Å². The normalized spacial score (nSPS) is 11.8. The van der Waals surface area contributed by atoms with E-state index in [1.807, 2.05) is 0 Å². The molecule has 1 aromatic rings. The number of hydrogen-bond donors (Lipinski definition) is 3. The maximum Gasteiger partial charge on any atom is 0.233 e. The van der Waals surface area contributed by atoms with Crippen molar-refractivity contribution < 1.29 is 19.4 Å². The van der Waals surface area contributed by atoms with E-state index in [0.717, 1.165) is 0 Å². The van der Waals surface area contributed by atoms with Crippen LogP contribution in [0.15, 0.2) is 18.2 Å². The average molecular weight is 254 g/mol. The first-order valence-electron chi connectivity index (χ1n) is 5.49. The molecule has 0 aliphatic rings. The summed E-state index contributed by atoms with van der Waals surface area (Å²) in [7, 11) is 3.05. The molecule has 1 atom stereocenters. The van der Waals surface area contributed by atoms with E-state index in [0.29, 0.717) is 17.1 Å². The molecule has 0 bridgehead atoms. The molecule has 1 aromatic carbocycles. The molecule has 1 amide bonds. The molecule has 0 radical (unpaired) electrons. The second-order valence-electron chi connectivity index (χ2n) is 3.63. The smallest absolute Gasteiger partial charge is 0.233 e. The number of ether oxygens (including phenoxy) is 2. The standard InChI is InChI=1S/C12H18N2O4/c1-17-8-3-4-11(18-2)9(5-8)10(15)7-14-12(16)6-13/h3-5,10,15H,6-7,13H2,1-2H3,(H,14,16)/t10-/m0/s1. The zero-order valence-corrected chi connectivity index (χ0v) is 10.5. The zero-order valence-electron chi connectivity index (χ0n) is 10.5. The van der Waals surface area contributed by atoms with Gasteiger partial charge < -0.3 is 25.6 Å². The third-order valence-corrected chi connectivity index (χ3v) is 2.47. The van der Waals surface area contributed by atoms with E-state index in [9.17, 15) is 9.90 Å². The van der Waals surface area contributed by atoms with Crippen molar-refractivity contribution in [1.82, 2.24) is 5.32 Å². The molecule has 6 heteroatoms. The number of methoxy groups -OCH3 is 2. The molecule has 0 heterocycles. The number of rotatable bonds is 6. The summed E-state index contributed by atoms with van der Waals surface area (Å²) in [6.45, 7) is -0.0402. The van der Waals surface area contributed by atoms with Gasteiger partial charge in [-0.3, -0.25) is 4.79 Å². The second-order valence-corrected chi connectivity index (χ2v) is 3.63. The Morgan fingerprint density at radius 1 is 1.44 bits per heavy atom. The molecule has 0 saturated heterocycles. The Morgan fingerprint density at radius 2 is 2.17 bits per heavy atom. The number of aliphatic hydroxyl groups excluding tert-OH is 1. The van der Waals surface area contributed by atoms with Crippen LogP contribution in [-0.2, 0) is 4.79 Å². The van der Waals surface area contributed by atoms with E-state index in [2.05, 4.69) is 5.32 Å². The van der Waals surface area contributed by atoms with E-state index in [1.165, 1.54) is 14.2 Å². The third-order valence-electron chi connectivity index (χ3n) is 2.47. The van der Waals surface area contributed by atoms with Crippen molar-refractivity contribution in [2.75, 3.05) is 27.3 Å². The molecule has 0 aliphatic carbocycles. The Hall–Kier alpha value is -1.79. The summed E-state index contributed by atoms with van der Waals surface area (Å²) in [5.41, 5.74) is 5.71. The van der Waals surface area contributed by atoms with E-state index >= 15 is 0 Å². The summed E-state index contributed by atoms with van der Waals surface area (Å²) < 4.78 is 10.2. The minimum Gasteiger partial charge on any atom is -0.497 e. The molecule has 0 saturated carbocycles. The molecule has 0 aromatic heterocycles. The summed E-state index contributed by atoms with van der Waals surface area (Å²) in [5.74, 6) is 0.816. The van der Waals surface area contributed by atoms with Gasteiger partial charge >= 0.3 is 0 Å². The van der Waals surface area contributed by atoms with Crippen LogP contribution < -0.4 is 20.5 Å². The van der Waals surface area contributed by atoms with Crippen molar-refractivity contribution in [2.45, 2.75) is 6.10 Å². The van der Waals surface area contributed by atoms with Gasteiger partial charge in [-0.05, 0) is 18.2 Å². The molecule has 0 spiro atoms. The van der Waals surface area contributed by atoms with Crippen LogP contribution >= 0.6 is 0 Å². The molecule has 0 aliphatic heterocycles. The van der Waals surface area contributed by atoms with Gasteiger partial charge in [0.05, 0.1) is 26.9 Å². The number of carbonyl (C=O) groups excluding carboxylic acids is 1. The van der Waals surface area contributed by atoms with Gasteiger partial charge in [0.15, 0.2) is 0 Å². The largest absolute Gasteiger partial charge is 0.497 e. The number of aliphatic hydroxyl groups is 1. The van der Waals surface area contributed by atoms with Crippen LogP contribution in [-0.4, -0.2) is 38.3 Å². The Labute approximate surface area is 106 Å². The number of nitrogens with two attached hydrogens (primary N) is 1. The van der Waals surface area contributed by atoms with Crippen LogP contribution in [0.3, 0.4) is 0 Å². The van der Waals surface area contributed by atoms with E-state index in [1.54, 1.807) is 18.2 Å². The van der Waals surface area contributed by atoms with E-state index in [4.69, 9.17) is 15.2 Å². The number of nitrogens with one attached hydrogen (secondary N) is 1. The van der Waals surface area contributed by atoms with Crippen LogP contribution in [0.1, 0.15) is 11.7 Å². The maximum atomic E-state index is 11.0. The van der Waals surface area contributed by atoms with Crippen molar-refractivity contribution >= 4 is 5.91 Å². The van der Waals surface area contributed by atoms with Gasteiger partial charge in [-0.15, -0.1) is 0 Å². The van der Waals surface area contributed by atoms with Gasteiger partial charge in [-0.25, -0.2) is 0 Å². The first kappa shape index (κ1) is 14.3. The molecule has 4 N–H and O–H groups in total. The third kappa shape index (κ3) is 3.61. The van der Waals surface area contributed by atoms with Crippen LogP contribution in [0.5, 0.6) is 11.5 Å². The monoisotopic (exact) mass is 254 g/mol. The quantitative estimate of drug-likeness (QED) is 0.654. The highest BCUT2D eigenvalue weighted by atomic mass is 16.5. The fraction of sp³-hybridized carbons (Fsp3) is 0.417. The van der Waals surface area contributed by atoms with E-state index < -0.39 is 6.10 Å². The summed E-state index contributed by atoms with van der Waals surface area (Å²) in [5, 5.41) is 12.5. The van der Waals surface area contributed by atoms with Crippen molar-refractivity contribution in [2.24, 2.45) is 5.73 Å². The number of hydrogen-bond acceptors (Lipinski definition) is 5. The highest BCUT2D eigenvalue weighted by Gasteiger charge is 2.15. The minimum atomic E-state index is -0.884. The zero-order chi connectivity index (χ0) is 13.5. The van der Waals surface area contributed by atoms with Gasteiger partial charge in [0.2, 0.25) is 5.91 Å². The summed E-state index contributed by atoms with van der Waals surface area (Å²) >= 11 is 0. The Kier molecular flexibility index (Phi) is 5.41. The fourth-order valence-electron chi connectivity index (χ4n) is 1.49. The molecule has 0 unspecified atom stereocenters. The molecule has 100 valence electrons. The Balaban J connectivity index is 2.82. The fourth-order valence-corrected chi connectivity index (χ4v) is 1.49. The van der Waals surface area contributed by atoms with Crippen LogP contribution in [0.2, 0.25) is 0 Å². The van der Waals surface area contributed by atoms with Crippen molar-refractivity contribution in [3.8, 4) is 11.5 Å². The molecule has 0 fully saturated rings. The van der Waals surface area contributed by atoms with Crippen LogP contribution in [0.4, 0.5) is 0 Å². The number of amides is 1. The summed E-state index contributed by atoms with van der Waals surface area (Å²) in [6, 6.07) is 5.09. The number of carbonyl (C=O) groups is 1. The van der Waals surface area contributed by atoms with Crippen LogP contribution in [0, 0.1) is 0 Å². The Morgan fingerprint density at radius 3 is 2.72 bits per heavy atom. The van der Waals surface area contributed by atoms with Gasteiger partial charge in [-0.1, -0.05) is 0 Å². The van der Waals surface area contributed by atoms with Crippen molar-refractivity contribution in [3.63, 3.8) is 0 Å². The minimum absolute atomic E-state index is 0.0690. The summed E-state index contributed by atoms with van der Waals surface area (Å²) in [4.78, 5) is 11.0. The lowest BCUT2D eigenvalue weighted by Crippen LogP contribution is -2.33. The predicted molar refractivity (Wildman–Crippen MR) is 66.6 cm³/mol. The van der Waals surface area contributed by atoms with Gasteiger partial charge in [0.1, 0.15) is 11.5 Å². The lowest BCUT2D eigenvalue weighted by molar-refractivity contribution is -0.120. The van der Waals surface area contributed by atoms with Crippen molar-refractivity contribution in [1.29, 1.82) is 0 Å². The molecular weight excluding hydrogens is 236 g/mol. The van der Waals surface area contributed by atoms with Gasteiger partial charge in [-0.2, -0.15) is 0 Å². The molecular formula is C12H18N2O4. The number of benzene rings is 1. The van der Waals surface area contributed by atoms with Gasteiger partial charge in [0, 0.05) is 12.1 Å². The first-order chi connectivity index (χ1) is 8.62. The van der Waals surface area contributed by atoms with Gasteiger partial charge in [0.25, 0.3) is 0 Å². The lowest BCUT2D eigenvalue weighted by Gasteiger charge is -2.16. The van der Waals surface area contributed by atoms with Crippen LogP contribution in [0.25, 0.3) is 0 Å².